The van der Waals surface area contributed by atoms with Gasteiger partial charge in [0.15, 0.2) is 0 Å². The first-order chi connectivity index (χ1) is 12.5. The number of nitrogens with one attached hydrogen (secondary N) is 1. The van der Waals surface area contributed by atoms with E-state index in [0.717, 1.165) is 36.5 Å². The van der Waals surface area contributed by atoms with Crippen LogP contribution < -0.4 is 10.2 Å². The zero-order valence-electron chi connectivity index (χ0n) is 14.1. The molecule has 0 atom stereocenters. The zero-order chi connectivity index (χ0) is 18.5. The van der Waals surface area contributed by atoms with E-state index in [0.29, 0.717) is 28.7 Å². The highest BCUT2D eigenvalue weighted by molar-refractivity contribution is 9.10. The molecule has 138 valence electrons. The third-order valence-corrected chi connectivity index (χ3v) is 5.30. The summed E-state index contributed by atoms with van der Waals surface area (Å²) in [5.41, 5.74) is 0.551. The number of amides is 1. The van der Waals surface area contributed by atoms with E-state index in [-0.39, 0.29) is 5.91 Å². The molecule has 0 saturated carbocycles. The molecule has 1 fully saturated rings. The van der Waals surface area contributed by atoms with Crippen LogP contribution in [0.1, 0.15) is 6.42 Å². The van der Waals surface area contributed by atoms with Gasteiger partial charge in [-0.15, -0.1) is 0 Å². The number of halogens is 3. The average molecular weight is 458 g/mol. The number of hydrogen-bond donors (Lipinski definition) is 1. The summed E-state index contributed by atoms with van der Waals surface area (Å²) in [6, 6.07) is 9.04. The minimum absolute atomic E-state index is 0.0637. The van der Waals surface area contributed by atoms with Crippen molar-refractivity contribution in [3.8, 4) is 0 Å². The van der Waals surface area contributed by atoms with Gasteiger partial charge < -0.3 is 10.2 Å². The van der Waals surface area contributed by atoms with Gasteiger partial charge in [0.2, 0.25) is 5.91 Å². The number of piperazine rings is 1. The maximum absolute atomic E-state index is 12.2. The molecule has 1 amide bonds. The number of carbonyl (C=O) groups excluding carboxylic acids is 1. The van der Waals surface area contributed by atoms with Crippen molar-refractivity contribution < 1.29 is 4.79 Å². The van der Waals surface area contributed by atoms with Crippen LogP contribution in [-0.4, -0.2) is 48.5 Å². The summed E-state index contributed by atoms with van der Waals surface area (Å²) in [4.78, 5) is 21.2. The lowest BCUT2D eigenvalue weighted by Gasteiger charge is -2.35. The largest absolute Gasteiger partial charge is 0.354 e. The van der Waals surface area contributed by atoms with E-state index in [1.54, 1.807) is 18.2 Å². The number of carbonyl (C=O) groups is 1. The zero-order valence-corrected chi connectivity index (χ0v) is 17.2. The second kappa shape index (κ2) is 9.04. The van der Waals surface area contributed by atoms with Gasteiger partial charge in [0, 0.05) is 54.8 Å². The van der Waals surface area contributed by atoms with Crippen LogP contribution in [0.5, 0.6) is 0 Å². The van der Waals surface area contributed by atoms with E-state index in [9.17, 15) is 4.79 Å². The van der Waals surface area contributed by atoms with Crippen LogP contribution in [-0.2, 0) is 4.79 Å². The molecule has 5 nitrogen and oxygen atoms in total. The first-order valence-electron chi connectivity index (χ1n) is 8.35. The van der Waals surface area contributed by atoms with Gasteiger partial charge in [-0.2, -0.15) is 0 Å². The predicted octanol–water partition coefficient (Wildman–Crippen LogP) is 4.30. The summed E-state index contributed by atoms with van der Waals surface area (Å²) >= 11 is 15.4. The number of hydrogen-bond acceptors (Lipinski definition) is 4. The smallest absolute Gasteiger partial charge is 0.225 e. The van der Waals surface area contributed by atoms with Crippen LogP contribution >= 0.6 is 39.1 Å². The number of pyridine rings is 1. The molecule has 3 rings (SSSR count). The summed E-state index contributed by atoms with van der Waals surface area (Å²) in [6.07, 6.45) is 2.23. The monoisotopic (exact) mass is 456 g/mol. The molecule has 1 aromatic carbocycles. The van der Waals surface area contributed by atoms with E-state index in [1.165, 1.54) is 0 Å². The third kappa shape index (κ3) is 5.33. The Labute approximate surface area is 171 Å². The van der Waals surface area contributed by atoms with Gasteiger partial charge >= 0.3 is 0 Å². The average Bonchev–Trinajstić information content (AvgIpc) is 2.64. The highest BCUT2D eigenvalue weighted by Gasteiger charge is 2.18. The SMILES string of the molecule is O=C(CCN1CCN(c2ccc(Br)cn2)CC1)Nc1cc(Cl)ccc1Cl. The normalized spacial score (nSPS) is 15.1. The highest BCUT2D eigenvalue weighted by atomic mass is 79.9. The van der Waals surface area contributed by atoms with Crippen LogP contribution in [0.2, 0.25) is 10.0 Å². The van der Waals surface area contributed by atoms with E-state index < -0.39 is 0 Å². The van der Waals surface area contributed by atoms with E-state index in [4.69, 9.17) is 23.2 Å². The lowest BCUT2D eigenvalue weighted by molar-refractivity contribution is -0.116. The summed E-state index contributed by atoms with van der Waals surface area (Å²) in [6.45, 7) is 4.32. The quantitative estimate of drug-likeness (QED) is 0.726. The number of benzene rings is 1. The van der Waals surface area contributed by atoms with Crippen molar-refractivity contribution in [1.82, 2.24) is 9.88 Å². The summed E-state index contributed by atoms with van der Waals surface area (Å²) in [7, 11) is 0. The van der Waals surface area contributed by atoms with Crippen molar-refractivity contribution in [2.45, 2.75) is 6.42 Å². The van der Waals surface area contributed by atoms with Crippen LogP contribution in [0, 0.1) is 0 Å². The summed E-state index contributed by atoms with van der Waals surface area (Å²) in [5, 5.41) is 3.85. The van der Waals surface area contributed by atoms with Gasteiger partial charge in [-0.3, -0.25) is 9.69 Å². The number of rotatable bonds is 5. The van der Waals surface area contributed by atoms with Crippen LogP contribution in [0.4, 0.5) is 11.5 Å². The lowest BCUT2D eigenvalue weighted by Crippen LogP contribution is -2.47. The number of anilines is 2. The van der Waals surface area contributed by atoms with Crippen molar-refractivity contribution in [3.05, 3.63) is 51.0 Å². The molecule has 26 heavy (non-hydrogen) atoms. The Balaban J connectivity index is 1.44. The molecule has 1 N–H and O–H groups in total. The van der Waals surface area contributed by atoms with Gasteiger partial charge in [0.1, 0.15) is 5.82 Å². The van der Waals surface area contributed by atoms with Crippen molar-refractivity contribution in [2.24, 2.45) is 0 Å². The molecule has 1 aliphatic rings. The molecule has 0 bridgehead atoms. The Bertz CT molecular complexity index is 764. The first kappa shape index (κ1) is 19.4. The Kier molecular flexibility index (Phi) is 6.75. The van der Waals surface area contributed by atoms with Crippen molar-refractivity contribution in [2.75, 3.05) is 42.9 Å². The summed E-state index contributed by atoms with van der Waals surface area (Å²) in [5.74, 6) is 0.923. The molecule has 1 aliphatic heterocycles. The molecule has 1 saturated heterocycles. The third-order valence-electron chi connectivity index (χ3n) is 4.27. The molecule has 0 spiro atoms. The maximum atomic E-state index is 12.2. The second-order valence-electron chi connectivity index (χ2n) is 6.09. The molecular formula is C18H19BrCl2N4O. The molecule has 0 radical (unpaired) electrons. The number of aromatic nitrogens is 1. The van der Waals surface area contributed by atoms with Gasteiger partial charge in [-0.05, 0) is 46.3 Å². The van der Waals surface area contributed by atoms with Gasteiger partial charge in [-0.1, -0.05) is 23.2 Å². The molecular weight excluding hydrogens is 439 g/mol. The number of nitrogens with zero attached hydrogens (tertiary/aromatic N) is 3. The fourth-order valence-corrected chi connectivity index (χ4v) is 3.39. The topological polar surface area (TPSA) is 48.5 Å². The van der Waals surface area contributed by atoms with Crippen LogP contribution in [0.3, 0.4) is 0 Å². The van der Waals surface area contributed by atoms with Crippen LogP contribution in [0.25, 0.3) is 0 Å². The minimum Gasteiger partial charge on any atom is -0.354 e. The highest BCUT2D eigenvalue weighted by Crippen LogP contribution is 2.25. The van der Waals surface area contributed by atoms with E-state index >= 15 is 0 Å². The van der Waals surface area contributed by atoms with Gasteiger partial charge in [0.05, 0.1) is 10.7 Å². The fraction of sp³-hybridized carbons (Fsp3) is 0.333. The van der Waals surface area contributed by atoms with Crippen molar-refractivity contribution >= 4 is 56.5 Å². The molecule has 8 heteroatoms. The minimum atomic E-state index is -0.0637. The molecule has 1 aromatic heterocycles. The Morgan fingerprint density at radius 1 is 1.15 bits per heavy atom. The maximum Gasteiger partial charge on any atom is 0.225 e. The van der Waals surface area contributed by atoms with Gasteiger partial charge in [0.25, 0.3) is 0 Å². The molecule has 0 unspecified atom stereocenters. The molecule has 0 aliphatic carbocycles. The predicted molar refractivity (Wildman–Crippen MR) is 110 cm³/mol. The van der Waals surface area contributed by atoms with Crippen molar-refractivity contribution in [1.29, 1.82) is 0 Å². The lowest BCUT2D eigenvalue weighted by atomic mass is 10.2. The fourth-order valence-electron chi connectivity index (χ4n) is 2.82. The Morgan fingerprint density at radius 3 is 2.62 bits per heavy atom. The Hall–Kier alpha value is -1.34. The Morgan fingerprint density at radius 2 is 1.92 bits per heavy atom. The first-order valence-corrected chi connectivity index (χ1v) is 9.90. The summed E-state index contributed by atoms with van der Waals surface area (Å²) < 4.78 is 0.978. The second-order valence-corrected chi connectivity index (χ2v) is 7.84. The van der Waals surface area contributed by atoms with Gasteiger partial charge in [-0.25, -0.2) is 4.98 Å². The molecule has 2 heterocycles. The van der Waals surface area contributed by atoms with Crippen molar-refractivity contribution in [3.63, 3.8) is 0 Å². The van der Waals surface area contributed by atoms with E-state index in [1.807, 2.05) is 18.3 Å². The molecule has 2 aromatic rings. The standard InChI is InChI=1S/C18H19BrCl2N4O/c19-13-1-4-17(22-12-13)25-9-7-24(8-10-25)6-5-18(26)23-16-11-14(20)2-3-15(16)21/h1-4,11-12H,5-10H2,(H,23,26). The van der Waals surface area contributed by atoms with E-state index in [2.05, 4.69) is 36.0 Å². The van der Waals surface area contributed by atoms with Crippen LogP contribution in [0.15, 0.2) is 41.0 Å².